The molecule has 0 aromatic carbocycles. The largest absolute Gasteiger partial charge is 0.317 e. The molecule has 44 valence electrons. The highest BCUT2D eigenvalue weighted by atomic mass is 14.6. The molecular weight excluding hydrogens is 98.1 g/mol. The first-order chi connectivity index (χ1) is 3.91. The van der Waals surface area contributed by atoms with Crippen LogP contribution in [0.25, 0.3) is 4.85 Å². The van der Waals surface area contributed by atoms with E-state index in [9.17, 15) is 0 Å². The lowest BCUT2D eigenvalue weighted by Gasteiger charge is -1.84. The minimum Gasteiger partial charge on any atom is -0.317 e. The van der Waals surface area contributed by atoms with Gasteiger partial charge in [-0.2, -0.15) is 0 Å². The number of allylic oxidation sites excluding steroid dienone is 1. The maximum atomic E-state index is 6.44. The van der Waals surface area contributed by atoms with Gasteiger partial charge in [0.15, 0.2) is 0 Å². The van der Waals surface area contributed by atoms with E-state index in [-0.39, 0.29) is 0 Å². The molecule has 1 heteroatoms. The Morgan fingerprint density at radius 1 is 1.50 bits per heavy atom. The second-order valence-corrected chi connectivity index (χ2v) is 1.67. The maximum Gasteiger partial charge on any atom is 0.214 e. The minimum absolute atomic E-state index is 0.674. The lowest BCUT2D eigenvalue weighted by atomic mass is 10.2. The molecule has 0 heterocycles. The van der Waals surface area contributed by atoms with Gasteiger partial charge < -0.3 is 4.85 Å². The summed E-state index contributed by atoms with van der Waals surface area (Å²) in [6.07, 6.45) is 5.08. The molecule has 0 radical (unpaired) electrons. The van der Waals surface area contributed by atoms with Gasteiger partial charge in [-0.25, -0.2) is 6.57 Å². The highest BCUT2D eigenvalue weighted by Crippen LogP contribution is 1.94. The van der Waals surface area contributed by atoms with Crippen molar-refractivity contribution in [2.75, 3.05) is 6.54 Å². The first kappa shape index (κ1) is 7.23. The topological polar surface area (TPSA) is 4.36 Å². The fourth-order valence-corrected chi connectivity index (χ4v) is 0.480. The number of hydrogen-bond donors (Lipinski definition) is 0. The van der Waals surface area contributed by atoms with Crippen LogP contribution >= 0.6 is 0 Å². The second kappa shape index (κ2) is 6.23. The summed E-state index contributed by atoms with van der Waals surface area (Å²) in [5, 5.41) is 0. The van der Waals surface area contributed by atoms with Gasteiger partial charge >= 0.3 is 0 Å². The minimum atomic E-state index is 0.674. The summed E-state index contributed by atoms with van der Waals surface area (Å²) >= 11 is 0. The van der Waals surface area contributed by atoms with Crippen LogP contribution in [0, 0.1) is 6.57 Å². The van der Waals surface area contributed by atoms with Gasteiger partial charge in [-0.3, -0.25) is 0 Å². The normalized spacial score (nSPS) is 7.88. The van der Waals surface area contributed by atoms with Crippen molar-refractivity contribution in [3.63, 3.8) is 0 Å². The van der Waals surface area contributed by atoms with Crippen LogP contribution in [0.3, 0.4) is 0 Å². The molecule has 1 nitrogen and oxygen atoms in total. The Hall–Kier alpha value is -0.770. The van der Waals surface area contributed by atoms with Crippen LogP contribution in [0.1, 0.15) is 19.3 Å². The molecule has 0 saturated heterocycles. The summed E-state index contributed by atoms with van der Waals surface area (Å²) < 4.78 is 0. The fraction of sp³-hybridized carbons (Fsp3) is 0.571. The lowest BCUT2D eigenvalue weighted by molar-refractivity contribution is 0.797. The Morgan fingerprint density at radius 2 is 2.25 bits per heavy atom. The van der Waals surface area contributed by atoms with E-state index in [1.165, 1.54) is 0 Å². The molecule has 0 spiro atoms. The summed E-state index contributed by atoms with van der Waals surface area (Å²) in [6.45, 7) is 10.7. The van der Waals surface area contributed by atoms with E-state index in [4.69, 9.17) is 6.57 Å². The zero-order valence-electron chi connectivity index (χ0n) is 5.06. The zero-order chi connectivity index (χ0) is 6.24. The molecule has 0 aromatic heterocycles. The number of rotatable bonds is 4. The van der Waals surface area contributed by atoms with Gasteiger partial charge in [-0.15, -0.1) is 6.58 Å². The van der Waals surface area contributed by atoms with Gasteiger partial charge in [0.25, 0.3) is 0 Å². The van der Waals surface area contributed by atoms with Crippen molar-refractivity contribution in [3.8, 4) is 0 Å². The number of nitrogens with zero attached hydrogens (tertiary/aromatic N) is 1. The molecule has 0 unspecified atom stereocenters. The summed E-state index contributed by atoms with van der Waals surface area (Å²) in [6, 6.07) is 0. The Morgan fingerprint density at radius 3 is 2.75 bits per heavy atom. The van der Waals surface area contributed by atoms with E-state index in [1.807, 2.05) is 6.08 Å². The predicted octanol–water partition coefficient (Wildman–Crippen LogP) is 2.26. The van der Waals surface area contributed by atoms with Crippen molar-refractivity contribution in [2.45, 2.75) is 19.3 Å². The summed E-state index contributed by atoms with van der Waals surface area (Å²) in [5.74, 6) is 0. The monoisotopic (exact) mass is 109 g/mol. The Labute approximate surface area is 50.8 Å². The van der Waals surface area contributed by atoms with Crippen LogP contribution in [-0.2, 0) is 0 Å². The number of hydrogen-bond acceptors (Lipinski definition) is 0. The molecule has 0 rings (SSSR count). The van der Waals surface area contributed by atoms with Crippen molar-refractivity contribution in [1.82, 2.24) is 0 Å². The van der Waals surface area contributed by atoms with Gasteiger partial charge in [0, 0.05) is 6.42 Å². The third kappa shape index (κ3) is 5.23. The van der Waals surface area contributed by atoms with Gasteiger partial charge in [-0.05, 0) is 12.8 Å². The zero-order valence-corrected chi connectivity index (χ0v) is 5.06. The van der Waals surface area contributed by atoms with Crippen molar-refractivity contribution >= 4 is 0 Å². The quantitative estimate of drug-likeness (QED) is 0.296. The van der Waals surface area contributed by atoms with Crippen LogP contribution < -0.4 is 0 Å². The van der Waals surface area contributed by atoms with E-state index in [1.54, 1.807) is 0 Å². The van der Waals surface area contributed by atoms with Crippen LogP contribution in [0.15, 0.2) is 12.7 Å². The Bertz CT molecular complexity index is 89.1. The molecule has 0 aliphatic carbocycles. The molecular formula is C7H11N. The summed E-state index contributed by atoms with van der Waals surface area (Å²) in [7, 11) is 0. The SMILES string of the molecule is [C-]#[N+]CCCCC=C. The molecule has 0 amide bonds. The van der Waals surface area contributed by atoms with Crippen molar-refractivity contribution < 1.29 is 0 Å². The van der Waals surface area contributed by atoms with Crippen LogP contribution in [0.4, 0.5) is 0 Å². The van der Waals surface area contributed by atoms with Crippen LogP contribution in [-0.4, -0.2) is 6.54 Å². The summed E-state index contributed by atoms with van der Waals surface area (Å²) in [5.41, 5.74) is 0. The Kier molecular flexibility index (Phi) is 5.63. The van der Waals surface area contributed by atoms with E-state index >= 15 is 0 Å². The average molecular weight is 109 g/mol. The van der Waals surface area contributed by atoms with Gasteiger partial charge in [0.1, 0.15) is 0 Å². The smallest absolute Gasteiger partial charge is 0.214 e. The maximum absolute atomic E-state index is 6.44. The Balaban J connectivity index is 2.74. The highest BCUT2D eigenvalue weighted by molar-refractivity contribution is 4.67. The molecule has 8 heavy (non-hydrogen) atoms. The molecule has 0 bridgehead atoms. The molecule has 0 atom stereocenters. The second-order valence-electron chi connectivity index (χ2n) is 1.67. The standard InChI is InChI=1S/C7H11N/c1-3-4-5-6-7-8-2/h3H,1,4-7H2. The first-order valence-electron chi connectivity index (χ1n) is 2.86. The van der Waals surface area contributed by atoms with Crippen molar-refractivity contribution in [2.24, 2.45) is 0 Å². The molecule has 0 N–H and O–H groups in total. The highest BCUT2D eigenvalue weighted by Gasteiger charge is 1.84. The molecule has 0 aliphatic rings. The van der Waals surface area contributed by atoms with Crippen molar-refractivity contribution in [3.05, 3.63) is 24.1 Å². The summed E-state index contributed by atoms with van der Waals surface area (Å²) in [4.78, 5) is 3.22. The van der Waals surface area contributed by atoms with E-state index in [0.29, 0.717) is 6.54 Å². The molecule has 0 aromatic rings. The lowest BCUT2D eigenvalue weighted by Crippen LogP contribution is -1.75. The molecule has 0 saturated carbocycles. The predicted molar refractivity (Wildman–Crippen MR) is 35.5 cm³/mol. The first-order valence-corrected chi connectivity index (χ1v) is 2.86. The van der Waals surface area contributed by atoms with E-state index in [0.717, 1.165) is 19.3 Å². The fourth-order valence-electron chi connectivity index (χ4n) is 0.480. The van der Waals surface area contributed by atoms with E-state index in [2.05, 4.69) is 11.4 Å². The average Bonchev–Trinajstić information content (AvgIpc) is 1.81. The van der Waals surface area contributed by atoms with Gasteiger partial charge in [0.05, 0.1) is 0 Å². The van der Waals surface area contributed by atoms with E-state index < -0.39 is 0 Å². The van der Waals surface area contributed by atoms with Gasteiger partial charge in [-0.1, -0.05) is 6.08 Å². The van der Waals surface area contributed by atoms with Crippen molar-refractivity contribution in [1.29, 1.82) is 0 Å². The molecule has 0 fully saturated rings. The van der Waals surface area contributed by atoms with Crippen LogP contribution in [0.2, 0.25) is 0 Å². The molecule has 0 aliphatic heterocycles. The van der Waals surface area contributed by atoms with Gasteiger partial charge in [0.2, 0.25) is 6.54 Å². The number of unbranched alkanes of at least 4 members (excludes halogenated alkanes) is 2. The van der Waals surface area contributed by atoms with Crippen LogP contribution in [0.5, 0.6) is 0 Å². The third-order valence-electron chi connectivity index (χ3n) is 0.928. The third-order valence-corrected chi connectivity index (χ3v) is 0.928.